The van der Waals surface area contributed by atoms with Gasteiger partial charge in [-0.15, -0.1) is 0 Å². The van der Waals surface area contributed by atoms with E-state index in [2.05, 4.69) is 32.9 Å². The molecule has 4 fully saturated rings. The molecule has 5 aliphatic rings. The van der Waals surface area contributed by atoms with Crippen molar-refractivity contribution in [1.82, 2.24) is 0 Å². The fraction of sp³-hybridized carbons (Fsp3) is 0.867. The minimum atomic E-state index is -0.279. The Hall–Kier alpha value is -1.12. The Morgan fingerprint density at radius 3 is 2.33 bits per heavy atom. The summed E-state index contributed by atoms with van der Waals surface area (Å²) in [5.41, 5.74) is 0.335. The zero-order chi connectivity index (χ0) is 23.4. The maximum Gasteiger partial charge on any atom is 0.306 e. The quantitative estimate of drug-likeness (QED) is 0.324. The van der Waals surface area contributed by atoms with Crippen molar-refractivity contribution in [2.75, 3.05) is 0 Å². The summed E-state index contributed by atoms with van der Waals surface area (Å²) in [6.07, 6.45) is 19.0. The highest BCUT2D eigenvalue weighted by atomic mass is 16.6. The lowest BCUT2D eigenvalue weighted by molar-refractivity contribution is -0.181. The fourth-order valence-corrected chi connectivity index (χ4v) is 9.73. The standard InChI is InChI=1S/C30H46O3/c1-20(31)24-12-13-25-23-11-10-22-19-28(2,33-27(32)14-9-21-7-5-6-8-21)17-18-29(22,3)26(23)15-16-30(24,25)4/h5-6,21-26H,7-19H2,1-4H3/t22-,23-,24+,25-,26-,28+,29-,30+/m0/s1. The largest absolute Gasteiger partial charge is 0.459 e. The molecule has 0 aromatic rings. The van der Waals surface area contributed by atoms with Crippen LogP contribution in [0.15, 0.2) is 12.2 Å². The average Bonchev–Trinajstić information content (AvgIpc) is 3.40. The normalized spacial score (nSPS) is 47.0. The van der Waals surface area contributed by atoms with Crippen molar-refractivity contribution in [2.45, 2.75) is 117 Å². The van der Waals surface area contributed by atoms with Crippen molar-refractivity contribution in [2.24, 2.45) is 46.3 Å². The molecule has 5 rings (SSSR count). The molecule has 184 valence electrons. The van der Waals surface area contributed by atoms with Crippen LogP contribution in [0.1, 0.15) is 111 Å². The van der Waals surface area contributed by atoms with E-state index in [1.54, 1.807) is 0 Å². The van der Waals surface area contributed by atoms with E-state index in [4.69, 9.17) is 4.74 Å². The third-order valence-corrected chi connectivity index (χ3v) is 11.6. The van der Waals surface area contributed by atoms with Crippen LogP contribution >= 0.6 is 0 Å². The fourth-order valence-electron chi connectivity index (χ4n) is 9.73. The molecule has 4 saturated carbocycles. The molecule has 0 radical (unpaired) electrons. The minimum absolute atomic E-state index is 0.0244. The number of ether oxygens (including phenoxy) is 1. The molecular formula is C30H46O3. The first-order valence-corrected chi connectivity index (χ1v) is 14.0. The predicted molar refractivity (Wildman–Crippen MR) is 131 cm³/mol. The molecule has 3 nitrogen and oxygen atoms in total. The van der Waals surface area contributed by atoms with Crippen LogP contribution in [-0.2, 0) is 14.3 Å². The van der Waals surface area contributed by atoms with E-state index in [0.717, 1.165) is 56.3 Å². The number of carbonyl (C=O) groups excluding carboxylic acids is 2. The maximum atomic E-state index is 12.7. The van der Waals surface area contributed by atoms with Gasteiger partial charge in [0.05, 0.1) is 0 Å². The van der Waals surface area contributed by atoms with Crippen molar-refractivity contribution < 1.29 is 14.3 Å². The summed E-state index contributed by atoms with van der Waals surface area (Å²) in [6.45, 7) is 9.06. The summed E-state index contributed by atoms with van der Waals surface area (Å²) < 4.78 is 6.20. The highest BCUT2D eigenvalue weighted by molar-refractivity contribution is 5.79. The molecule has 8 atom stereocenters. The zero-order valence-electron chi connectivity index (χ0n) is 21.5. The van der Waals surface area contributed by atoms with Crippen molar-refractivity contribution >= 4 is 11.8 Å². The molecule has 0 amide bonds. The second kappa shape index (κ2) is 8.52. The molecule has 3 heteroatoms. The molecule has 0 unspecified atom stereocenters. The highest BCUT2D eigenvalue weighted by Crippen LogP contribution is 2.68. The molecule has 0 N–H and O–H groups in total. The monoisotopic (exact) mass is 454 g/mol. The van der Waals surface area contributed by atoms with Gasteiger partial charge in [-0.3, -0.25) is 9.59 Å². The number of ketones is 1. The summed E-state index contributed by atoms with van der Waals surface area (Å²) in [4.78, 5) is 25.1. The lowest BCUT2D eigenvalue weighted by Crippen LogP contribution is -2.56. The third-order valence-electron chi connectivity index (χ3n) is 11.6. The number of hydrogen-bond acceptors (Lipinski definition) is 3. The summed E-state index contributed by atoms with van der Waals surface area (Å²) >= 11 is 0. The minimum Gasteiger partial charge on any atom is -0.459 e. The third kappa shape index (κ3) is 4.04. The second-order valence-electron chi connectivity index (χ2n) is 13.4. The molecule has 0 aromatic carbocycles. The van der Waals surface area contributed by atoms with Gasteiger partial charge in [0, 0.05) is 12.3 Å². The number of Topliss-reactive ketones (excluding diaryl/α,β-unsaturated/α-hetero) is 1. The number of allylic oxidation sites excluding steroid dienone is 2. The molecule has 0 saturated heterocycles. The Kier molecular flexibility index (Phi) is 6.10. The van der Waals surface area contributed by atoms with Gasteiger partial charge in [-0.05, 0) is 131 Å². The SMILES string of the molecule is CC(=O)[C@H]1CC[C@H]2[C@@H]3CC[C@H]4C[C@](C)(OC(=O)CCC5CC=CC5)CC[C@]4(C)[C@H]3CC[C@]12C. The van der Waals surface area contributed by atoms with Crippen LogP contribution in [0.4, 0.5) is 0 Å². The molecule has 0 bridgehead atoms. The molecule has 0 aromatic heterocycles. The van der Waals surface area contributed by atoms with E-state index in [9.17, 15) is 9.59 Å². The van der Waals surface area contributed by atoms with Crippen LogP contribution in [0.5, 0.6) is 0 Å². The zero-order valence-corrected chi connectivity index (χ0v) is 21.5. The van der Waals surface area contributed by atoms with Gasteiger partial charge in [0.1, 0.15) is 11.4 Å². The predicted octanol–water partition coefficient (Wildman–Crippen LogP) is 7.28. The lowest BCUT2D eigenvalue weighted by atomic mass is 9.44. The average molecular weight is 455 g/mol. The number of rotatable bonds is 5. The smallest absolute Gasteiger partial charge is 0.306 e. The van der Waals surface area contributed by atoms with Gasteiger partial charge in [-0.2, -0.15) is 0 Å². The Bertz CT molecular complexity index is 807. The van der Waals surface area contributed by atoms with Crippen LogP contribution in [0, 0.1) is 46.3 Å². The molecule has 33 heavy (non-hydrogen) atoms. The van der Waals surface area contributed by atoms with Crippen LogP contribution in [0.2, 0.25) is 0 Å². The summed E-state index contributed by atoms with van der Waals surface area (Å²) in [7, 11) is 0. The highest BCUT2D eigenvalue weighted by Gasteiger charge is 2.61. The van der Waals surface area contributed by atoms with E-state index in [0.29, 0.717) is 35.4 Å². The van der Waals surface area contributed by atoms with Crippen LogP contribution in [0.3, 0.4) is 0 Å². The van der Waals surface area contributed by atoms with E-state index < -0.39 is 0 Å². The van der Waals surface area contributed by atoms with Crippen LogP contribution in [-0.4, -0.2) is 17.4 Å². The first-order valence-electron chi connectivity index (χ1n) is 14.0. The summed E-state index contributed by atoms with van der Waals surface area (Å²) in [6, 6.07) is 0. The number of esters is 1. The molecule has 5 aliphatic carbocycles. The van der Waals surface area contributed by atoms with E-state index in [1.165, 1.54) is 38.5 Å². The number of carbonyl (C=O) groups is 2. The Balaban J connectivity index is 1.23. The Morgan fingerprint density at radius 2 is 1.61 bits per heavy atom. The molecular weight excluding hydrogens is 408 g/mol. The van der Waals surface area contributed by atoms with Gasteiger partial charge in [0.25, 0.3) is 0 Å². The van der Waals surface area contributed by atoms with Crippen molar-refractivity contribution in [3.05, 3.63) is 12.2 Å². The van der Waals surface area contributed by atoms with Crippen molar-refractivity contribution in [3.63, 3.8) is 0 Å². The van der Waals surface area contributed by atoms with Gasteiger partial charge in [-0.1, -0.05) is 26.0 Å². The van der Waals surface area contributed by atoms with E-state index in [-0.39, 0.29) is 17.0 Å². The number of fused-ring (bicyclic) bond motifs is 5. The molecule has 0 heterocycles. The first-order chi connectivity index (χ1) is 15.6. The summed E-state index contributed by atoms with van der Waals surface area (Å²) in [5, 5.41) is 0. The van der Waals surface area contributed by atoms with Gasteiger partial charge in [0.15, 0.2) is 0 Å². The van der Waals surface area contributed by atoms with Gasteiger partial charge in [-0.25, -0.2) is 0 Å². The van der Waals surface area contributed by atoms with E-state index in [1.807, 2.05) is 6.92 Å². The van der Waals surface area contributed by atoms with E-state index >= 15 is 0 Å². The lowest BCUT2D eigenvalue weighted by Gasteiger charge is -2.62. The van der Waals surface area contributed by atoms with Crippen molar-refractivity contribution in [1.29, 1.82) is 0 Å². The topological polar surface area (TPSA) is 43.4 Å². The summed E-state index contributed by atoms with van der Waals surface area (Å²) in [5.74, 6) is 4.37. The number of hydrogen-bond donors (Lipinski definition) is 0. The van der Waals surface area contributed by atoms with Gasteiger partial charge in [0.2, 0.25) is 0 Å². The van der Waals surface area contributed by atoms with Gasteiger partial charge < -0.3 is 4.74 Å². The van der Waals surface area contributed by atoms with Crippen LogP contribution < -0.4 is 0 Å². The Morgan fingerprint density at radius 1 is 0.879 bits per heavy atom. The molecule has 0 aliphatic heterocycles. The maximum absolute atomic E-state index is 12.7. The van der Waals surface area contributed by atoms with Gasteiger partial charge >= 0.3 is 5.97 Å². The first kappa shape index (κ1) is 23.6. The Labute approximate surface area is 201 Å². The van der Waals surface area contributed by atoms with Crippen LogP contribution in [0.25, 0.3) is 0 Å². The molecule has 0 spiro atoms. The van der Waals surface area contributed by atoms with Crippen molar-refractivity contribution in [3.8, 4) is 0 Å². The second-order valence-corrected chi connectivity index (χ2v) is 13.4.